The Morgan fingerprint density at radius 2 is 2.30 bits per heavy atom. The molecule has 1 aromatic carbocycles. The van der Waals surface area contributed by atoms with E-state index in [1.165, 1.54) is 6.07 Å². The van der Waals surface area contributed by atoms with E-state index in [4.69, 9.17) is 4.74 Å². The van der Waals surface area contributed by atoms with Crippen molar-refractivity contribution in [3.8, 4) is 0 Å². The van der Waals surface area contributed by atoms with Crippen LogP contribution in [0.4, 0.5) is 11.4 Å². The lowest BCUT2D eigenvalue weighted by atomic mass is 10.1. The number of nitrogens with zero attached hydrogens (tertiary/aromatic N) is 2. The summed E-state index contributed by atoms with van der Waals surface area (Å²) in [4.78, 5) is 24.4. The zero-order valence-electron chi connectivity index (χ0n) is 11.7. The second-order valence-electron chi connectivity index (χ2n) is 4.83. The Hall–Kier alpha value is -2.11. The third-order valence-electron chi connectivity index (χ3n) is 3.53. The second-order valence-corrected chi connectivity index (χ2v) is 4.83. The first-order valence-corrected chi connectivity index (χ1v) is 6.73. The molecule has 1 heterocycles. The first-order valence-electron chi connectivity index (χ1n) is 6.73. The van der Waals surface area contributed by atoms with Crippen molar-refractivity contribution in [3.05, 3.63) is 33.9 Å². The van der Waals surface area contributed by atoms with Gasteiger partial charge in [-0.25, -0.2) is 4.79 Å². The monoisotopic (exact) mass is 278 g/mol. The molecule has 1 aliphatic heterocycles. The van der Waals surface area contributed by atoms with Crippen molar-refractivity contribution in [3.63, 3.8) is 0 Å². The molecule has 0 aliphatic carbocycles. The van der Waals surface area contributed by atoms with Crippen molar-refractivity contribution < 1.29 is 14.5 Å². The molecule has 0 bridgehead atoms. The van der Waals surface area contributed by atoms with Crippen molar-refractivity contribution in [2.75, 3.05) is 18.1 Å². The predicted molar refractivity (Wildman–Crippen MR) is 74.8 cm³/mol. The molecule has 0 N–H and O–H groups in total. The average molecular weight is 278 g/mol. The lowest BCUT2D eigenvalue weighted by Gasteiger charge is -2.25. The molecular weight excluding hydrogens is 260 g/mol. The van der Waals surface area contributed by atoms with Gasteiger partial charge in [-0.3, -0.25) is 10.1 Å². The molecule has 1 unspecified atom stereocenters. The van der Waals surface area contributed by atoms with E-state index in [2.05, 4.69) is 0 Å². The van der Waals surface area contributed by atoms with Crippen LogP contribution in [0.2, 0.25) is 0 Å². The van der Waals surface area contributed by atoms with Crippen LogP contribution in [0.25, 0.3) is 0 Å². The summed E-state index contributed by atoms with van der Waals surface area (Å²) in [6.07, 6.45) is 1.60. The molecule has 1 atom stereocenters. The van der Waals surface area contributed by atoms with E-state index in [1.54, 1.807) is 19.9 Å². The summed E-state index contributed by atoms with van der Waals surface area (Å²) in [6.45, 7) is 4.53. The molecular formula is C14H18N2O4. The number of carbonyl (C=O) groups is 1. The van der Waals surface area contributed by atoms with Crippen LogP contribution in [0.5, 0.6) is 0 Å². The van der Waals surface area contributed by atoms with Gasteiger partial charge in [0.2, 0.25) is 0 Å². The molecule has 0 amide bonds. The third-order valence-corrected chi connectivity index (χ3v) is 3.53. The van der Waals surface area contributed by atoms with E-state index >= 15 is 0 Å². The van der Waals surface area contributed by atoms with E-state index in [-0.39, 0.29) is 17.7 Å². The second kappa shape index (κ2) is 5.90. The van der Waals surface area contributed by atoms with E-state index < -0.39 is 4.92 Å². The van der Waals surface area contributed by atoms with Gasteiger partial charge in [-0.1, -0.05) is 6.07 Å². The molecule has 1 fully saturated rings. The molecule has 1 aliphatic rings. The topological polar surface area (TPSA) is 72.7 Å². The smallest absolute Gasteiger partial charge is 0.328 e. The fourth-order valence-corrected chi connectivity index (χ4v) is 2.53. The summed E-state index contributed by atoms with van der Waals surface area (Å²) >= 11 is 0. The average Bonchev–Trinajstić information content (AvgIpc) is 2.88. The summed E-state index contributed by atoms with van der Waals surface area (Å²) in [6, 6.07) is 4.73. The minimum atomic E-state index is -0.395. The first-order chi connectivity index (χ1) is 9.54. The van der Waals surface area contributed by atoms with E-state index in [0.29, 0.717) is 24.4 Å². The molecule has 2 rings (SSSR count). The third kappa shape index (κ3) is 2.74. The highest BCUT2D eigenvalue weighted by molar-refractivity contribution is 5.81. The van der Waals surface area contributed by atoms with Crippen molar-refractivity contribution in [1.29, 1.82) is 0 Å². The molecule has 1 saturated heterocycles. The zero-order valence-corrected chi connectivity index (χ0v) is 11.7. The van der Waals surface area contributed by atoms with Crippen LogP contribution < -0.4 is 4.90 Å². The highest BCUT2D eigenvalue weighted by atomic mass is 16.6. The van der Waals surface area contributed by atoms with Crippen molar-refractivity contribution in [2.45, 2.75) is 32.7 Å². The van der Waals surface area contributed by atoms with Gasteiger partial charge in [0, 0.05) is 23.9 Å². The number of aryl methyl sites for hydroxylation is 1. The molecule has 0 aromatic heterocycles. The quantitative estimate of drug-likeness (QED) is 0.480. The summed E-state index contributed by atoms with van der Waals surface area (Å²) in [5.74, 6) is -0.256. The number of hydrogen-bond acceptors (Lipinski definition) is 5. The Labute approximate surface area is 117 Å². The van der Waals surface area contributed by atoms with Crippen LogP contribution in [0.3, 0.4) is 0 Å². The molecule has 6 nitrogen and oxygen atoms in total. The number of esters is 1. The number of rotatable bonds is 4. The highest BCUT2D eigenvalue weighted by Gasteiger charge is 2.32. The predicted octanol–water partition coefficient (Wildman–Crippen LogP) is 2.44. The lowest BCUT2D eigenvalue weighted by Crippen LogP contribution is -2.37. The van der Waals surface area contributed by atoms with Crippen molar-refractivity contribution >= 4 is 17.3 Å². The van der Waals surface area contributed by atoms with Crippen molar-refractivity contribution in [1.82, 2.24) is 0 Å². The molecule has 1 aromatic rings. The molecule has 0 saturated carbocycles. The van der Waals surface area contributed by atoms with Gasteiger partial charge in [0.05, 0.1) is 11.5 Å². The number of nitro benzene ring substituents is 1. The van der Waals surface area contributed by atoms with E-state index in [0.717, 1.165) is 12.8 Å². The van der Waals surface area contributed by atoms with Gasteiger partial charge in [0.15, 0.2) is 0 Å². The van der Waals surface area contributed by atoms with Crippen LogP contribution >= 0.6 is 0 Å². The molecule has 0 radical (unpaired) electrons. The van der Waals surface area contributed by atoms with Crippen LogP contribution in [0.15, 0.2) is 18.2 Å². The minimum Gasteiger partial charge on any atom is -0.464 e. The van der Waals surface area contributed by atoms with Gasteiger partial charge in [-0.2, -0.15) is 0 Å². The number of nitro groups is 1. The number of ether oxygens (including phenoxy) is 1. The fraction of sp³-hybridized carbons (Fsp3) is 0.500. The zero-order chi connectivity index (χ0) is 14.7. The maximum atomic E-state index is 11.9. The molecule has 6 heteroatoms. The van der Waals surface area contributed by atoms with Crippen LogP contribution in [-0.2, 0) is 9.53 Å². The minimum absolute atomic E-state index is 0.0806. The molecule has 20 heavy (non-hydrogen) atoms. The van der Waals surface area contributed by atoms with Gasteiger partial charge in [-0.15, -0.1) is 0 Å². The Balaban J connectivity index is 2.28. The highest BCUT2D eigenvalue weighted by Crippen LogP contribution is 2.30. The largest absolute Gasteiger partial charge is 0.464 e. The normalized spacial score (nSPS) is 18.1. The van der Waals surface area contributed by atoms with Gasteiger partial charge in [-0.05, 0) is 32.8 Å². The van der Waals surface area contributed by atoms with E-state index in [1.807, 2.05) is 11.0 Å². The number of hydrogen-bond donors (Lipinski definition) is 0. The first kappa shape index (κ1) is 14.3. The van der Waals surface area contributed by atoms with Crippen LogP contribution in [0, 0.1) is 17.0 Å². The Morgan fingerprint density at radius 3 is 2.95 bits per heavy atom. The summed E-state index contributed by atoms with van der Waals surface area (Å²) in [5, 5.41) is 11.0. The Morgan fingerprint density at radius 1 is 1.55 bits per heavy atom. The van der Waals surface area contributed by atoms with Gasteiger partial charge < -0.3 is 9.64 Å². The van der Waals surface area contributed by atoms with E-state index in [9.17, 15) is 14.9 Å². The fourth-order valence-electron chi connectivity index (χ4n) is 2.53. The summed E-state index contributed by atoms with van der Waals surface area (Å²) < 4.78 is 5.06. The van der Waals surface area contributed by atoms with Crippen molar-refractivity contribution in [2.24, 2.45) is 0 Å². The SMILES string of the molecule is CCOC(=O)C1CCCN1c1ccc(C)c([N+](=O)[O-])c1. The van der Waals surface area contributed by atoms with Crippen LogP contribution in [-0.4, -0.2) is 30.1 Å². The Bertz CT molecular complexity index is 530. The molecule has 0 spiro atoms. The summed E-state index contributed by atoms with van der Waals surface area (Å²) in [7, 11) is 0. The van der Waals surface area contributed by atoms with Gasteiger partial charge in [0.1, 0.15) is 6.04 Å². The lowest BCUT2D eigenvalue weighted by molar-refractivity contribution is -0.385. The van der Waals surface area contributed by atoms with Crippen LogP contribution in [0.1, 0.15) is 25.3 Å². The maximum Gasteiger partial charge on any atom is 0.328 e. The molecule has 108 valence electrons. The maximum absolute atomic E-state index is 11.9. The number of benzene rings is 1. The standard InChI is InChI=1S/C14H18N2O4/c1-3-20-14(17)12-5-4-8-15(12)11-7-6-10(2)13(9-11)16(18)19/h6-7,9,12H,3-5,8H2,1-2H3. The number of anilines is 1. The number of carbonyl (C=O) groups excluding carboxylic acids is 1. The van der Waals surface area contributed by atoms with Gasteiger partial charge >= 0.3 is 5.97 Å². The Kier molecular flexibility index (Phi) is 4.22. The summed E-state index contributed by atoms with van der Waals surface area (Å²) in [5.41, 5.74) is 1.40. The van der Waals surface area contributed by atoms with Gasteiger partial charge in [0.25, 0.3) is 5.69 Å².